The van der Waals surface area contributed by atoms with Crippen LogP contribution < -0.4 is 0 Å². The van der Waals surface area contributed by atoms with Crippen LogP contribution in [0.5, 0.6) is 0 Å². The van der Waals surface area contributed by atoms with E-state index in [-0.39, 0.29) is 11.1 Å². The Morgan fingerprint density at radius 2 is 2.00 bits per heavy atom. The Kier molecular flexibility index (Phi) is 2.65. The lowest BCUT2D eigenvalue weighted by Crippen LogP contribution is -2.21. The van der Waals surface area contributed by atoms with Crippen LogP contribution in [0.25, 0.3) is 6.08 Å². The number of carbonyl (C=O) groups excluding carboxylic acids is 1. The van der Waals surface area contributed by atoms with E-state index >= 15 is 0 Å². The first-order valence-corrected chi connectivity index (χ1v) is 5.46. The number of esters is 1. The van der Waals surface area contributed by atoms with Crippen molar-refractivity contribution < 1.29 is 13.9 Å². The first-order valence-electron chi connectivity index (χ1n) is 5.46. The molecule has 4 nitrogen and oxygen atoms in total. The maximum Gasteiger partial charge on any atom is 0.363 e. The maximum absolute atomic E-state index is 11.6. The molecule has 0 unspecified atom stereocenters. The molecule has 0 saturated carbocycles. The van der Waals surface area contributed by atoms with Crippen LogP contribution in [0.1, 0.15) is 32.3 Å². The highest BCUT2D eigenvalue weighted by atomic mass is 16.6. The molecule has 0 atom stereocenters. The molecular formula is C13H15NO3. The number of hydrogen-bond acceptors (Lipinski definition) is 4. The molecule has 0 aromatic carbocycles. The van der Waals surface area contributed by atoms with Gasteiger partial charge in [-0.2, -0.15) is 0 Å². The van der Waals surface area contributed by atoms with Gasteiger partial charge in [0.1, 0.15) is 11.5 Å². The molecule has 1 aliphatic heterocycles. The standard InChI is InChI=1S/C13H15NO3/c1-8-5-6-9(16-8)7-10-11(15)17-12(14-10)13(2,3)4/h5-7H,1-4H3/b10-7-. The van der Waals surface area contributed by atoms with E-state index in [0.717, 1.165) is 5.76 Å². The predicted molar refractivity (Wildman–Crippen MR) is 64.4 cm³/mol. The summed E-state index contributed by atoms with van der Waals surface area (Å²) in [6, 6.07) is 3.63. The topological polar surface area (TPSA) is 51.8 Å². The summed E-state index contributed by atoms with van der Waals surface area (Å²) in [7, 11) is 0. The predicted octanol–water partition coefficient (Wildman–Crippen LogP) is 2.93. The summed E-state index contributed by atoms with van der Waals surface area (Å²) in [6.07, 6.45) is 1.59. The van der Waals surface area contributed by atoms with Gasteiger partial charge in [-0.3, -0.25) is 0 Å². The van der Waals surface area contributed by atoms with Crippen LogP contribution in [0.2, 0.25) is 0 Å². The number of cyclic esters (lactones) is 1. The number of nitrogens with zero attached hydrogens (tertiary/aromatic N) is 1. The molecule has 17 heavy (non-hydrogen) atoms. The molecule has 1 aromatic rings. The Bertz CT molecular complexity index is 515. The number of aryl methyl sites for hydroxylation is 1. The second-order valence-electron chi connectivity index (χ2n) is 5.03. The van der Waals surface area contributed by atoms with Crippen LogP contribution in [0.3, 0.4) is 0 Å². The van der Waals surface area contributed by atoms with Gasteiger partial charge in [-0.05, 0) is 19.1 Å². The average molecular weight is 233 g/mol. The molecular weight excluding hydrogens is 218 g/mol. The molecule has 0 spiro atoms. The van der Waals surface area contributed by atoms with Crippen LogP contribution in [-0.2, 0) is 9.53 Å². The van der Waals surface area contributed by atoms with Crippen molar-refractivity contribution in [1.82, 2.24) is 0 Å². The molecule has 0 bridgehead atoms. The molecule has 90 valence electrons. The van der Waals surface area contributed by atoms with Gasteiger partial charge in [-0.1, -0.05) is 20.8 Å². The minimum absolute atomic E-state index is 0.273. The largest absolute Gasteiger partial charge is 0.462 e. The Hall–Kier alpha value is -1.84. The van der Waals surface area contributed by atoms with Gasteiger partial charge in [0, 0.05) is 11.5 Å². The van der Waals surface area contributed by atoms with Gasteiger partial charge < -0.3 is 9.15 Å². The minimum atomic E-state index is -0.427. The van der Waals surface area contributed by atoms with Gasteiger partial charge >= 0.3 is 5.97 Å². The van der Waals surface area contributed by atoms with Crippen molar-refractivity contribution in [1.29, 1.82) is 0 Å². The van der Waals surface area contributed by atoms with Crippen molar-refractivity contribution in [2.75, 3.05) is 0 Å². The maximum atomic E-state index is 11.6. The number of hydrogen-bond donors (Lipinski definition) is 0. The molecule has 2 heterocycles. The molecule has 0 radical (unpaired) electrons. The molecule has 1 aliphatic rings. The Morgan fingerprint density at radius 1 is 1.29 bits per heavy atom. The van der Waals surface area contributed by atoms with Gasteiger partial charge in [0.25, 0.3) is 0 Å². The van der Waals surface area contributed by atoms with Crippen molar-refractivity contribution in [3.63, 3.8) is 0 Å². The second-order valence-corrected chi connectivity index (χ2v) is 5.03. The normalized spacial score (nSPS) is 18.5. The second kappa shape index (κ2) is 3.87. The van der Waals surface area contributed by atoms with Gasteiger partial charge in [-0.15, -0.1) is 0 Å². The van der Waals surface area contributed by atoms with Crippen molar-refractivity contribution >= 4 is 17.9 Å². The first-order chi connectivity index (χ1) is 7.86. The number of aliphatic imine (C=N–C) groups is 1. The SMILES string of the molecule is Cc1ccc(/C=C2\N=C(C(C)(C)C)OC2=O)o1. The third-order valence-electron chi connectivity index (χ3n) is 2.30. The fourth-order valence-corrected chi connectivity index (χ4v) is 1.40. The zero-order valence-corrected chi connectivity index (χ0v) is 10.4. The Balaban J connectivity index is 2.31. The van der Waals surface area contributed by atoms with Crippen LogP contribution in [0, 0.1) is 12.3 Å². The third-order valence-corrected chi connectivity index (χ3v) is 2.30. The highest BCUT2D eigenvalue weighted by Gasteiger charge is 2.31. The molecule has 1 aromatic heterocycles. The van der Waals surface area contributed by atoms with E-state index in [2.05, 4.69) is 4.99 Å². The molecule has 0 N–H and O–H groups in total. The minimum Gasteiger partial charge on any atom is -0.462 e. The monoisotopic (exact) mass is 233 g/mol. The highest BCUT2D eigenvalue weighted by molar-refractivity contribution is 6.08. The smallest absolute Gasteiger partial charge is 0.363 e. The van der Waals surface area contributed by atoms with Crippen molar-refractivity contribution in [2.24, 2.45) is 10.4 Å². The lowest BCUT2D eigenvalue weighted by molar-refractivity contribution is -0.130. The van der Waals surface area contributed by atoms with Crippen molar-refractivity contribution in [3.8, 4) is 0 Å². The number of rotatable bonds is 1. The molecule has 0 fully saturated rings. The lowest BCUT2D eigenvalue weighted by Gasteiger charge is -2.15. The molecule has 0 saturated heterocycles. The van der Waals surface area contributed by atoms with E-state index in [9.17, 15) is 4.79 Å². The molecule has 0 amide bonds. The van der Waals surface area contributed by atoms with Gasteiger partial charge in [0.2, 0.25) is 5.90 Å². The van der Waals surface area contributed by atoms with E-state index in [4.69, 9.17) is 9.15 Å². The zero-order chi connectivity index (χ0) is 12.6. The van der Waals surface area contributed by atoms with Crippen LogP contribution in [0.15, 0.2) is 27.2 Å². The first kappa shape index (κ1) is 11.6. The lowest BCUT2D eigenvalue weighted by atomic mass is 9.97. The van der Waals surface area contributed by atoms with E-state index < -0.39 is 5.97 Å². The third kappa shape index (κ3) is 2.46. The number of furan rings is 1. The average Bonchev–Trinajstić information content (AvgIpc) is 2.74. The van der Waals surface area contributed by atoms with Gasteiger partial charge in [-0.25, -0.2) is 9.79 Å². The summed E-state index contributed by atoms with van der Waals surface area (Å²) in [6.45, 7) is 7.68. The van der Waals surface area contributed by atoms with E-state index in [0.29, 0.717) is 11.7 Å². The van der Waals surface area contributed by atoms with E-state index in [1.165, 1.54) is 0 Å². The summed E-state index contributed by atoms with van der Waals surface area (Å²) in [5.41, 5.74) is 0.00825. The summed E-state index contributed by atoms with van der Waals surface area (Å²) < 4.78 is 10.5. The molecule has 0 aliphatic carbocycles. The highest BCUT2D eigenvalue weighted by Crippen LogP contribution is 2.25. The van der Waals surface area contributed by atoms with E-state index in [1.54, 1.807) is 12.1 Å². The summed E-state index contributed by atoms with van der Waals surface area (Å²) in [5, 5.41) is 0. The van der Waals surface area contributed by atoms with Gasteiger partial charge in [0.15, 0.2) is 5.70 Å². The number of carbonyl (C=O) groups is 1. The van der Waals surface area contributed by atoms with Crippen LogP contribution >= 0.6 is 0 Å². The summed E-state index contributed by atoms with van der Waals surface area (Å²) in [5.74, 6) is 1.41. The molecule has 4 heteroatoms. The van der Waals surface area contributed by atoms with Crippen molar-refractivity contribution in [2.45, 2.75) is 27.7 Å². The Morgan fingerprint density at radius 3 is 2.47 bits per heavy atom. The number of ether oxygens (including phenoxy) is 1. The summed E-state index contributed by atoms with van der Waals surface area (Å²) >= 11 is 0. The van der Waals surface area contributed by atoms with E-state index in [1.807, 2.05) is 33.8 Å². The van der Waals surface area contributed by atoms with Crippen LogP contribution in [-0.4, -0.2) is 11.9 Å². The fourth-order valence-electron chi connectivity index (χ4n) is 1.40. The molecule has 2 rings (SSSR count). The zero-order valence-electron chi connectivity index (χ0n) is 10.4. The Labute approximate surface area is 100.0 Å². The fraction of sp³-hybridized carbons (Fsp3) is 0.385. The van der Waals surface area contributed by atoms with Gasteiger partial charge in [0.05, 0.1) is 0 Å². The quantitative estimate of drug-likeness (QED) is 0.553. The summed E-state index contributed by atoms with van der Waals surface area (Å²) in [4.78, 5) is 15.8. The van der Waals surface area contributed by atoms with Crippen molar-refractivity contribution in [3.05, 3.63) is 29.4 Å². The van der Waals surface area contributed by atoms with Crippen LogP contribution in [0.4, 0.5) is 0 Å².